The van der Waals surface area contributed by atoms with E-state index < -0.39 is 0 Å². The van der Waals surface area contributed by atoms with Crippen LogP contribution < -0.4 is 19.7 Å². The Kier molecular flexibility index (Phi) is 7.30. The predicted octanol–water partition coefficient (Wildman–Crippen LogP) is 2.04. The van der Waals surface area contributed by atoms with Crippen LogP contribution in [-0.2, 0) is 4.79 Å². The minimum absolute atomic E-state index is 0.0392. The molecule has 5 nitrogen and oxygen atoms in total. The van der Waals surface area contributed by atoms with E-state index in [4.69, 9.17) is 21.1 Å². The number of amides is 1. The Hall–Kier alpha value is -2.24. The smallest absolute Gasteiger partial charge is 0.258 e. The van der Waals surface area contributed by atoms with Gasteiger partial charge in [-0.25, -0.2) is 0 Å². The summed E-state index contributed by atoms with van der Waals surface area (Å²) in [5.74, 6) is 1.28. The number of ether oxygens (including phenoxy) is 2. The molecule has 1 atom stereocenters. The van der Waals surface area contributed by atoms with Crippen LogP contribution >= 0.6 is 11.6 Å². The molecule has 0 saturated heterocycles. The third-order valence-corrected chi connectivity index (χ3v) is 4.64. The standard InChI is InChI=1S/C20H25ClN2O3/c1-14-11-15(9-10-17(14)21)26-13-20(24)22-12-18(23(2)3)16-7-5-6-8-19(16)25-4/h5-11,18H,12-13H2,1-4H3,(H,22,24)/p+1/t18-/m1/s1. The molecule has 0 aliphatic carbocycles. The molecule has 6 heteroatoms. The maximum Gasteiger partial charge on any atom is 0.258 e. The molecular formula is C20H26ClN2O3+. The van der Waals surface area contributed by atoms with Gasteiger partial charge in [-0.3, -0.25) is 4.79 Å². The fourth-order valence-electron chi connectivity index (χ4n) is 2.70. The second kappa shape index (κ2) is 9.46. The summed E-state index contributed by atoms with van der Waals surface area (Å²) < 4.78 is 11.0. The topological polar surface area (TPSA) is 52.0 Å². The van der Waals surface area contributed by atoms with Gasteiger partial charge in [0.05, 0.1) is 33.3 Å². The van der Waals surface area contributed by atoms with E-state index in [1.807, 2.05) is 37.3 Å². The average molecular weight is 378 g/mol. The molecule has 2 aromatic carbocycles. The Balaban J connectivity index is 1.94. The van der Waals surface area contributed by atoms with Crippen molar-refractivity contribution in [2.24, 2.45) is 0 Å². The summed E-state index contributed by atoms with van der Waals surface area (Å²) in [5.41, 5.74) is 1.97. The van der Waals surface area contributed by atoms with E-state index in [2.05, 4.69) is 19.4 Å². The summed E-state index contributed by atoms with van der Waals surface area (Å²) >= 11 is 5.99. The van der Waals surface area contributed by atoms with Gasteiger partial charge in [-0.15, -0.1) is 0 Å². The van der Waals surface area contributed by atoms with Gasteiger partial charge in [0.1, 0.15) is 17.5 Å². The normalized spacial score (nSPS) is 11.9. The van der Waals surface area contributed by atoms with Crippen molar-refractivity contribution in [3.8, 4) is 11.5 Å². The lowest BCUT2D eigenvalue weighted by Gasteiger charge is -2.23. The van der Waals surface area contributed by atoms with Crippen molar-refractivity contribution in [1.29, 1.82) is 0 Å². The molecule has 0 radical (unpaired) electrons. The summed E-state index contributed by atoms with van der Waals surface area (Å²) in [6.07, 6.45) is 0. The van der Waals surface area contributed by atoms with E-state index in [1.165, 1.54) is 4.90 Å². The number of benzene rings is 2. The van der Waals surface area contributed by atoms with Gasteiger partial charge in [0.2, 0.25) is 0 Å². The highest BCUT2D eigenvalue weighted by Crippen LogP contribution is 2.23. The molecule has 1 amide bonds. The summed E-state index contributed by atoms with van der Waals surface area (Å²) in [6, 6.07) is 13.3. The number of hydrogen-bond donors (Lipinski definition) is 2. The Labute approximate surface area is 159 Å². The first-order valence-electron chi connectivity index (χ1n) is 8.51. The number of methoxy groups -OCH3 is 1. The summed E-state index contributed by atoms with van der Waals surface area (Å²) in [4.78, 5) is 13.4. The van der Waals surface area contributed by atoms with Gasteiger partial charge in [-0.2, -0.15) is 0 Å². The first-order valence-corrected chi connectivity index (χ1v) is 8.88. The summed E-state index contributed by atoms with van der Waals surface area (Å²) in [7, 11) is 5.76. The monoisotopic (exact) mass is 377 g/mol. The van der Waals surface area contributed by atoms with Crippen LogP contribution in [0.15, 0.2) is 42.5 Å². The largest absolute Gasteiger partial charge is 0.496 e. The van der Waals surface area contributed by atoms with Crippen LogP contribution in [0.3, 0.4) is 0 Å². The quantitative estimate of drug-likeness (QED) is 0.740. The molecule has 0 aromatic heterocycles. The summed E-state index contributed by atoms with van der Waals surface area (Å²) in [5, 5.41) is 3.62. The van der Waals surface area contributed by atoms with Crippen LogP contribution in [0.4, 0.5) is 0 Å². The van der Waals surface area contributed by atoms with Crippen molar-refractivity contribution in [3.63, 3.8) is 0 Å². The van der Waals surface area contributed by atoms with Crippen LogP contribution in [0.5, 0.6) is 11.5 Å². The molecule has 0 spiro atoms. The third-order valence-electron chi connectivity index (χ3n) is 4.21. The fourth-order valence-corrected chi connectivity index (χ4v) is 2.82. The SMILES string of the molecule is COc1ccccc1[C@@H](CNC(=O)COc1ccc(Cl)c(C)c1)[NH+](C)C. The van der Waals surface area contributed by atoms with Crippen LogP contribution in [0.25, 0.3) is 0 Å². The summed E-state index contributed by atoms with van der Waals surface area (Å²) in [6.45, 7) is 2.35. The highest BCUT2D eigenvalue weighted by molar-refractivity contribution is 6.31. The second-order valence-corrected chi connectivity index (χ2v) is 6.78. The number of aryl methyl sites for hydroxylation is 1. The van der Waals surface area contributed by atoms with E-state index in [0.717, 1.165) is 16.9 Å². The lowest BCUT2D eigenvalue weighted by atomic mass is 10.0. The molecule has 0 heterocycles. The van der Waals surface area contributed by atoms with Crippen LogP contribution in [-0.4, -0.2) is 40.3 Å². The van der Waals surface area contributed by atoms with Crippen LogP contribution in [0.2, 0.25) is 5.02 Å². The molecule has 0 aliphatic heterocycles. The van der Waals surface area contributed by atoms with Gasteiger partial charge < -0.3 is 19.7 Å². The van der Waals surface area contributed by atoms with Gasteiger partial charge in [-0.05, 0) is 42.8 Å². The average Bonchev–Trinajstić information content (AvgIpc) is 2.63. The molecule has 2 aromatic rings. The molecule has 26 heavy (non-hydrogen) atoms. The molecule has 0 aliphatic rings. The Morgan fingerprint density at radius 3 is 2.62 bits per heavy atom. The maximum atomic E-state index is 12.2. The number of para-hydroxylation sites is 1. The lowest BCUT2D eigenvalue weighted by molar-refractivity contribution is -0.890. The minimum Gasteiger partial charge on any atom is -0.496 e. The highest BCUT2D eigenvalue weighted by Gasteiger charge is 2.22. The van der Waals surface area contributed by atoms with Crippen molar-refractivity contribution < 1.29 is 19.2 Å². The first kappa shape index (κ1) is 20.1. The number of hydrogen-bond acceptors (Lipinski definition) is 3. The zero-order chi connectivity index (χ0) is 19.1. The number of likely N-dealkylation sites (N-methyl/N-ethyl adjacent to an activating group) is 1. The lowest BCUT2D eigenvalue weighted by Crippen LogP contribution is -3.07. The Morgan fingerprint density at radius 1 is 1.23 bits per heavy atom. The molecular weight excluding hydrogens is 352 g/mol. The second-order valence-electron chi connectivity index (χ2n) is 6.38. The molecule has 0 saturated carbocycles. The number of carbonyl (C=O) groups is 1. The Morgan fingerprint density at radius 2 is 1.96 bits per heavy atom. The number of nitrogens with one attached hydrogen (secondary N) is 2. The van der Waals surface area contributed by atoms with Gasteiger partial charge in [0.15, 0.2) is 6.61 Å². The number of rotatable bonds is 8. The molecule has 140 valence electrons. The first-order chi connectivity index (χ1) is 12.4. The van der Waals surface area contributed by atoms with Gasteiger partial charge in [0.25, 0.3) is 5.91 Å². The van der Waals surface area contributed by atoms with E-state index in [1.54, 1.807) is 19.2 Å². The van der Waals surface area contributed by atoms with Crippen molar-refractivity contribution >= 4 is 17.5 Å². The van der Waals surface area contributed by atoms with Crippen LogP contribution in [0, 0.1) is 6.92 Å². The third kappa shape index (κ3) is 5.38. The number of halogens is 1. The molecule has 0 unspecified atom stereocenters. The molecule has 0 bridgehead atoms. The van der Waals surface area contributed by atoms with Crippen molar-refractivity contribution in [1.82, 2.24) is 5.32 Å². The Bertz CT molecular complexity index is 750. The zero-order valence-electron chi connectivity index (χ0n) is 15.6. The highest BCUT2D eigenvalue weighted by atomic mass is 35.5. The van der Waals surface area contributed by atoms with E-state index in [9.17, 15) is 4.79 Å². The van der Waals surface area contributed by atoms with Crippen molar-refractivity contribution in [2.75, 3.05) is 34.4 Å². The number of quaternary nitrogens is 1. The molecule has 2 rings (SSSR count). The van der Waals surface area contributed by atoms with Crippen LogP contribution in [0.1, 0.15) is 17.2 Å². The van der Waals surface area contributed by atoms with Gasteiger partial charge >= 0.3 is 0 Å². The van der Waals surface area contributed by atoms with Gasteiger partial charge in [0, 0.05) is 5.02 Å². The zero-order valence-corrected chi connectivity index (χ0v) is 16.4. The molecule has 0 fully saturated rings. The fraction of sp³-hybridized carbons (Fsp3) is 0.350. The van der Waals surface area contributed by atoms with E-state index >= 15 is 0 Å². The minimum atomic E-state index is -0.168. The molecule has 2 N–H and O–H groups in total. The van der Waals surface area contributed by atoms with Crippen molar-refractivity contribution in [2.45, 2.75) is 13.0 Å². The van der Waals surface area contributed by atoms with E-state index in [-0.39, 0.29) is 18.6 Å². The van der Waals surface area contributed by atoms with E-state index in [0.29, 0.717) is 17.3 Å². The predicted molar refractivity (Wildman–Crippen MR) is 103 cm³/mol. The maximum absolute atomic E-state index is 12.2. The number of carbonyl (C=O) groups excluding carboxylic acids is 1. The van der Waals surface area contributed by atoms with Gasteiger partial charge in [-0.1, -0.05) is 23.7 Å². The van der Waals surface area contributed by atoms with Crippen molar-refractivity contribution in [3.05, 3.63) is 58.6 Å².